The molecule has 27 valence electrons. The summed E-state index contributed by atoms with van der Waals surface area (Å²) < 4.78 is 4.82. The molecule has 0 fully saturated rings. The number of hydrogen-bond acceptors (Lipinski definition) is 1. The molecule has 0 aromatic heterocycles. The topological polar surface area (TPSA) is 9.23 Å². The Labute approximate surface area is 50.9 Å². The molecule has 0 atom stereocenters. The molecule has 0 aliphatic heterocycles. The number of rotatable bonds is 1. The quantitative estimate of drug-likeness (QED) is 0.343. The van der Waals surface area contributed by atoms with Crippen molar-refractivity contribution in [3.63, 3.8) is 0 Å². The summed E-state index contributed by atoms with van der Waals surface area (Å²) in [6.07, 6.45) is 0. The van der Waals surface area contributed by atoms with Gasteiger partial charge in [0.15, 0.2) is 0 Å². The minimum atomic E-state index is -0.0139. The second kappa shape index (κ2) is 9.07. The lowest BCUT2D eigenvalue weighted by atomic mass is 11.9. The zero-order valence-electron chi connectivity index (χ0n) is 3.56. The first-order valence-corrected chi connectivity index (χ1v) is 4.21. The van der Waals surface area contributed by atoms with Gasteiger partial charge in [-0.2, -0.15) is 0 Å². The molecule has 0 rings (SSSR count). The summed E-state index contributed by atoms with van der Waals surface area (Å²) in [5.74, 6) is 2.13. The van der Waals surface area contributed by atoms with Gasteiger partial charge in [-0.3, -0.25) is 0 Å². The maximum absolute atomic E-state index is 4.82. The molecule has 0 aromatic rings. The predicted octanol–water partition coefficient (Wildman–Crippen LogP) is -0.188. The van der Waals surface area contributed by atoms with Crippen LogP contribution in [0.5, 0.6) is 0 Å². The van der Waals surface area contributed by atoms with Crippen molar-refractivity contribution in [2.24, 2.45) is 0 Å². The van der Waals surface area contributed by atoms with Crippen molar-refractivity contribution in [1.29, 1.82) is 0 Å². The predicted molar refractivity (Wildman–Crippen MR) is 29.6 cm³/mol. The summed E-state index contributed by atoms with van der Waals surface area (Å²) in [6, 6.07) is 0. The van der Waals surface area contributed by atoms with Gasteiger partial charge in [-0.05, 0) is 0 Å². The van der Waals surface area contributed by atoms with Gasteiger partial charge in [0.2, 0.25) is 0 Å². The van der Waals surface area contributed by atoms with Crippen molar-refractivity contribution >= 4 is 42.1 Å². The molecule has 0 spiro atoms. The van der Waals surface area contributed by atoms with Crippen LogP contribution in [-0.4, -0.2) is 32.2 Å². The van der Waals surface area contributed by atoms with E-state index in [4.69, 9.17) is 2.84 Å². The third-order valence-corrected chi connectivity index (χ3v) is 2.60. The molecule has 0 saturated heterocycles. The van der Waals surface area contributed by atoms with Gasteiger partial charge in [0.05, 0.1) is 0 Å². The lowest BCUT2D eigenvalue weighted by Crippen LogP contribution is -1.82. The molecule has 1 nitrogen and oxygen atoms in total. The molecule has 0 aliphatic carbocycles. The average Bonchev–Trinajstić information content (AvgIpc) is 1.37. The van der Waals surface area contributed by atoms with E-state index in [0.29, 0.717) is 0 Å². The fraction of sp³-hybridized carbons (Fsp3) is 1.00. The Hall–Kier alpha value is 1.45. The highest BCUT2D eigenvalue weighted by atomic mass is 31.0. The third kappa shape index (κ3) is 10.8. The lowest BCUT2D eigenvalue weighted by Gasteiger charge is -1.75. The second-order valence-electron chi connectivity index (χ2n) is 0.577. The lowest BCUT2D eigenvalue weighted by molar-refractivity contribution is 0.671. The van der Waals surface area contributed by atoms with Gasteiger partial charge in [0.1, 0.15) is 0 Å². The van der Waals surface area contributed by atoms with E-state index in [1.54, 1.807) is 0 Å². The van der Waals surface area contributed by atoms with E-state index in [9.17, 15) is 0 Å². The molecule has 0 amide bonds. The zero-order chi connectivity index (χ0) is 3.41. The van der Waals surface area contributed by atoms with Crippen molar-refractivity contribution in [3.05, 3.63) is 0 Å². The summed E-state index contributed by atoms with van der Waals surface area (Å²) in [5, 5.41) is 0. The average molecular weight is 119 g/mol. The molecule has 0 aromatic carbocycles. The molecule has 3 radical (unpaired) electrons. The molecule has 0 heterocycles. The van der Waals surface area contributed by atoms with Crippen LogP contribution in [0.1, 0.15) is 0 Å². The Morgan fingerprint density at radius 2 is 2.00 bits per heavy atom. The van der Waals surface area contributed by atoms with Crippen LogP contribution in [0.25, 0.3) is 0 Å². The van der Waals surface area contributed by atoms with E-state index >= 15 is 0 Å². The van der Waals surface area contributed by atoms with E-state index < -0.39 is 0 Å². The minimum Gasteiger partial charge on any atom is -0.645 e. The SMILES string of the molecule is [CH3][AlH][O][AlH2].[P]. The van der Waals surface area contributed by atoms with E-state index in [1.807, 2.05) is 0 Å². The molecule has 0 saturated carbocycles. The Morgan fingerprint density at radius 3 is 2.00 bits per heavy atom. The first-order valence-electron chi connectivity index (χ1n) is 1.40. The monoisotopic (exact) mass is 119 g/mol. The van der Waals surface area contributed by atoms with Gasteiger partial charge in [-0.15, -0.1) is 0 Å². The van der Waals surface area contributed by atoms with Gasteiger partial charge in [-0.1, -0.05) is 5.79 Å². The van der Waals surface area contributed by atoms with Gasteiger partial charge < -0.3 is 2.84 Å². The highest BCUT2D eigenvalue weighted by Crippen LogP contribution is 1.45. The minimum absolute atomic E-state index is 0. The molecular weight excluding hydrogens is 113 g/mol. The van der Waals surface area contributed by atoms with Gasteiger partial charge in [0.25, 0.3) is 0 Å². The summed E-state index contributed by atoms with van der Waals surface area (Å²) in [7, 11) is 0. The van der Waals surface area contributed by atoms with Crippen LogP contribution in [0.15, 0.2) is 0 Å². The fourth-order valence-corrected chi connectivity index (χ4v) is 0. The van der Waals surface area contributed by atoms with Crippen LogP contribution in [-0.2, 0) is 2.84 Å². The van der Waals surface area contributed by atoms with Gasteiger partial charge in [-0.25, -0.2) is 0 Å². The maximum atomic E-state index is 4.82. The fourth-order valence-electron chi connectivity index (χ4n) is 0. The Kier molecular flexibility index (Phi) is 17.6. The van der Waals surface area contributed by atoms with Crippen molar-refractivity contribution in [3.8, 4) is 0 Å². The van der Waals surface area contributed by atoms with Crippen LogP contribution < -0.4 is 0 Å². The molecule has 5 heavy (non-hydrogen) atoms. The Balaban J connectivity index is 0. The van der Waals surface area contributed by atoms with E-state index in [0.717, 1.165) is 16.6 Å². The van der Waals surface area contributed by atoms with Crippen LogP contribution >= 0.6 is 9.90 Å². The zero-order valence-corrected chi connectivity index (χ0v) is 7.87. The standard InChI is InChI=1S/CH3.2Al.O.P.3H/h1H3;;;;;;;. The summed E-state index contributed by atoms with van der Waals surface area (Å²) >= 11 is 0.938. The molecule has 0 N–H and O–H groups in total. The van der Waals surface area contributed by atoms with Gasteiger partial charge >= 0.3 is 32.2 Å². The number of hydrogen-bond donors (Lipinski definition) is 0. The summed E-state index contributed by atoms with van der Waals surface area (Å²) in [6.45, 7) is 0. The first-order chi connectivity index (χ1) is 1.91. The van der Waals surface area contributed by atoms with Crippen LogP contribution in [0, 0.1) is 0 Å². The van der Waals surface area contributed by atoms with E-state index in [2.05, 4.69) is 5.79 Å². The normalized spacial score (nSPS) is 5.00. The van der Waals surface area contributed by atoms with Crippen molar-refractivity contribution in [1.82, 2.24) is 0 Å². The molecule has 0 unspecified atom stereocenters. The third-order valence-electron chi connectivity index (χ3n) is 0.289. The summed E-state index contributed by atoms with van der Waals surface area (Å²) in [5.41, 5.74) is 0. The largest absolute Gasteiger partial charge is 0.645 e. The van der Waals surface area contributed by atoms with Crippen molar-refractivity contribution in [2.45, 2.75) is 5.79 Å². The van der Waals surface area contributed by atoms with Crippen molar-refractivity contribution < 1.29 is 2.84 Å². The Bertz CT molecular complexity index is 11.6. The van der Waals surface area contributed by atoms with E-state index in [-0.39, 0.29) is 25.5 Å². The highest BCUT2D eigenvalue weighted by Gasteiger charge is 1.65. The first kappa shape index (κ1) is 9.68. The molecule has 0 bridgehead atoms. The van der Waals surface area contributed by atoms with Gasteiger partial charge in [0, 0.05) is 9.90 Å². The molecular formula is CH6Al2OP. The molecule has 0 aliphatic rings. The van der Waals surface area contributed by atoms with Crippen molar-refractivity contribution in [2.75, 3.05) is 0 Å². The second-order valence-corrected chi connectivity index (χ2v) is 3.46. The van der Waals surface area contributed by atoms with Crippen LogP contribution in [0.2, 0.25) is 5.79 Å². The van der Waals surface area contributed by atoms with E-state index in [1.165, 1.54) is 0 Å². The van der Waals surface area contributed by atoms with Crippen LogP contribution in [0.3, 0.4) is 0 Å². The molecule has 4 heteroatoms. The highest BCUT2D eigenvalue weighted by molar-refractivity contribution is 6.92. The Morgan fingerprint density at radius 1 is 1.80 bits per heavy atom. The summed E-state index contributed by atoms with van der Waals surface area (Å²) in [4.78, 5) is 0. The smallest absolute Gasteiger partial charge is 0.401 e. The van der Waals surface area contributed by atoms with Crippen LogP contribution in [0.4, 0.5) is 0 Å². The maximum Gasteiger partial charge on any atom is 0.401 e.